The number of amides is 1. The molecule has 0 spiro atoms. The normalized spacial score (nSPS) is 18.6. The topological polar surface area (TPSA) is 80.8 Å². The first-order chi connectivity index (χ1) is 15.3. The number of ketones is 1. The Morgan fingerprint density at radius 3 is 2.22 bits per heavy atom. The Morgan fingerprint density at radius 1 is 0.938 bits per heavy atom. The van der Waals surface area contributed by atoms with E-state index in [9.17, 15) is 18.0 Å². The summed E-state index contributed by atoms with van der Waals surface area (Å²) in [4.78, 5) is 26.7. The standard InChI is InChI=1S/C25H23NO5S/c1-17-12-14-19(15-13-17)32(29,30)26-23(27)16-21(20-10-6-7-11-22(20)31-2)24(26)25(28)18-8-4-3-5-9-18/h3-15,21,24H,16H2,1-2H3/t21-,24+/m1/s1. The van der Waals surface area contributed by atoms with Crippen molar-refractivity contribution in [2.45, 2.75) is 30.2 Å². The van der Waals surface area contributed by atoms with Crippen molar-refractivity contribution in [2.24, 2.45) is 0 Å². The fraction of sp³-hybridized carbons (Fsp3) is 0.200. The molecule has 0 aromatic heterocycles. The average molecular weight is 450 g/mol. The molecule has 0 saturated carbocycles. The van der Waals surface area contributed by atoms with Crippen LogP contribution in [0.3, 0.4) is 0 Å². The molecule has 0 bridgehead atoms. The van der Waals surface area contributed by atoms with Crippen LogP contribution >= 0.6 is 0 Å². The zero-order chi connectivity index (χ0) is 22.9. The van der Waals surface area contributed by atoms with E-state index in [4.69, 9.17) is 4.74 Å². The van der Waals surface area contributed by atoms with Crippen LogP contribution in [0.15, 0.2) is 83.8 Å². The van der Waals surface area contributed by atoms with Crippen LogP contribution in [0, 0.1) is 6.92 Å². The van der Waals surface area contributed by atoms with Gasteiger partial charge >= 0.3 is 0 Å². The molecule has 1 aliphatic heterocycles. The maximum absolute atomic E-state index is 13.6. The molecule has 0 N–H and O–H groups in total. The van der Waals surface area contributed by atoms with E-state index >= 15 is 0 Å². The third-order valence-electron chi connectivity index (χ3n) is 5.72. The van der Waals surface area contributed by atoms with E-state index in [2.05, 4.69) is 0 Å². The summed E-state index contributed by atoms with van der Waals surface area (Å²) in [7, 11) is -2.74. The monoisotopic (exact) mass is 449 g/mol. The Morgan fingerprint density at radius 2 is 1.56 bits per heavy atom. The summed E-state index contributed by atoms with van der Waals surface area (Å²) < 4.78 is 33.3. The van der Waals surface area contributed by atoms with Crippen LogP contribution in [0.25, 0.3) is 0 Å². The molecule has 1 saturated heterocycles. The van der Waals surface area contributed by atoms with Crippen molar-refractivity contribution >= 4 is 21.7 Å². The molecular formula is C25H23NO5S. The van der Waals surface area contributed by atoms with Crippen molar-refractivity contribution in [2.75, 3.05) is 7.11 Å². The van der Waals surface area contributed by atoms with Gasteiger partial charge in [0, 0.05) is 23.5 Å². The van der Waals surface area contributed by atoms with Gasteiger partial charge in [0.15, 0.2) is 5.78 Å². The molecule has 1 amide bonds. The molecule has 0 aliphatic carbocycles. The number of para-hydroxylation sites is 1. The van der Waals surface area contributed by atoms with Gasteiger partial charge in [-0.1, -0.05) is 66.2 Å². The minimum atomic E-state index is -4.25. The quantitative estimate of drug-likeness (QED) is 0.532. The van der Waals surface area contributed by atoms with Crippen LogP contribution in [0.5, 0.6) is 5.75 Å². The Kier molecular flexibility index (Phi) is 5.84. The first-order valence-corrected chi connectivity index (χ1v) is 11.6. The van der Waals surface area contributed by atoms with Gasteiger partial charge in [-0.15, -0.1) is 0 Å². The highest BCUT2D eigenvalue weighted by molar-refractivity contribution is 7.89. The third kappa shape index (κ3) is 3.80. The van der Waals surface area contributed by atoms with Crippen molar-refractivity contribution < 1.29 is 22.7 Å². The van der Waals surface area contributed by atoms with Gasteiger partial charge in [-0.2, -0.15) is 0 Å². The van der Waals surface area contributed by atoms with E-state index < -0.39 is 33.7 Å². The molecule has 2 atom stereocenters. The van der Waals surface area contributed by atoms with Crippen LogP contribution in [0.4, 0.5) is 0 Å². The molecule has 1 fully saturated rings. The maximum Gasteiger partial charge on any atom is 0.267 e. The summed E-state index contributed by atoms with van der Waals surface area (Å²) in [6.45, 7) is 1.84. The zero-order valence-corrected chi connectivity index (χ0v) is 18.6. The number of nitrogens with zero attached hydrogens (tertiary/aromatic N) is 1. The minimum absolute atomic E-state index is 0.0250. The summed E-state index contributed by atoms with van der Waals surface area (Å²) in [6.07, 6.45) is -0.116. The average Bonchev–Trinajstić information content (AvgIpc) is 3.17. The lowest BCUT2D eigenvalue weighted by Gasteiger charge is -2.27. The predicted molar refractivity (Wildman–Crippen MR) is 120 cm³/mol. The van der Waals surface area contributed by atoms with Gasteiger partial charge in [0.25, 0.3) is 10.0 Å². The van der Waals surface area contributed by atoms with Gasteiger partial charge in [0.05, 0.1) is 12.0 Å². The Hall–Kier alpha value is -3.45. The number of sulfonamides is 1. The SMILES string of the molecule is COc1ccccc1[C@H]1CC(=O)N(S(=O)(=O)c2ccc(C)cc2)[C@@H]1C(=O)c1ccccc1. The summed E-state index contributed by atoms with van der Waals surface area (Å²) in [5.41, 5.74) is 1.86. The number of Topliss-reactive ketones (excluding diaryl/α,β-unsaturated/α-hetero) is 1. The van der Waals surface area contributed by atoms with Gasteiger partial charge in [-0.05, 0) is 25.1 Å². The van der Waals surface area contributed by atoms with E-state index in [-0.39, 0.29) is 11.3 Å². The molecule has 164 valence electrons. The van der Waals surface area contributed by atoms with Crippen LogP contribution in [0.1, 0.15) is 33.8 Å². The van der Waals surface area contributed by atoms with Crippen molar-refractivity contribution in [3.8, 4) is 5.75 Å². The van der Waals surface area contributed by atoms with Crippen LogP contribution < -0.4 is 4.74 Å². The minimum Gasteiger partial charge on any atom is -0.496 e. The number of carbonyl (C=O) groups is 2. The number of rotatable bonds is 6. The van der Waals surface area contributed by atoms with E-state index in [0.717, 1.165) is 9.87 Å². The Balaban J connectivity index is 1.87. The lowest BCUT2D eigenvalue weighted by atomic mass is 9.87. The number of ether oxygens (including phenoxy) is 1. The molecule has 32 heavy (non-hydrogen) atoms. The fourth-order valence-electron chi connectivity index (χ4n) is 4.13. The summed E-state index contributed by atoms with van der Waals surface area (Å²) in [5, 5.41) is 0. The van der Waals surface area contributed by atoms with E-state index in [1.165, 1.54) is 19.2 Å². The van der Waals surface area contributed by atoms with Crippen molar-refractivity contribution in [3.63, 3.8) is 0 Å². The Bertz CT molecular complexity index is 1250. The van der Waals surface area contributed by atoms with Crippen LogP contribution in [-0.4, -0.2) is 37.6 Å². The smallest absolute Gasteiger partial charge is 0.267 e. The molecule has 0 radical (unpaired) electrons. The molecular weight excluding hydrogens is 426 g/mol. The van der Waals surface area contributed by atoms with Crippen molar-refractivity contribution in [3.05, 3.63) is 95.6 Å². The zero-order valence-electron chi connectivity index (χ0n) is 17.8. The second kappa shape index (κ2) is 8.59. The summed E-state index contributed by atoms with van der Waals surface area (Å²) >= 11 is 0. The molecule has 3 aromatic rings. The predicted octanol–water partition coefficient (Wildman–Crippen LogP) is 3.96. The van der Waals surface area contributed by atoms with E-state index in [1.54, 1.807) is 66.7 Å². The lowest BCUT2D eigenvalue weighted by Crippen LogP contribution is -2.44. The Labute approximate surface area is 187 Å². The highest BCUT2D eigenvalue weighted by atomic mass is 32.2. The van der Waals surface area contributed by atoms with Gasteiger partial charge in [0.1, 0.15) is 11.8 Å². The summed E-state index contributed by atoms with van der Waals surface area (Å²) in [5.74, 6) is -1.21. The number of carbonyl (C=O) groups excluding carboxylic acids is 2. The van der Waals surface area contributed by atoms with Crippen molar-refractivity contribution in [1.29, 1.82) is 0 Å². The number of hydrogen-bond donors (Lipinski definition) is 0. The van der Waals surface area contributed by atoms with E-state index in [0.29, 0.717) is 16.9 Å². The second-order valence-electron chi connectivity index (χ2n) is 7.74. The molecule has 1 aliphatic rings. The van der Waals surface area contributed by atoms with Crippen molar-refractivity contribution in [1.82, 2.24) is 4.31 Å². The molecule has 1 heterocycles. The molecule has 0 unspecified atom stereocenters. The molecule has 6 nitrogen and oxygen atoms in total. The van der Waals surface area contributed by atoms with E-state index in [1.807, 2.05) is 6.92 Å². The van der Waals surface area contributed by atoms with Gasteiger partial charge in [-0.25, -0.2) is 12.7 Å². The van der Waals surface area contributed by atoms with Gasteiger partial charge in [0.2, 0.25) is 5.91 Å². The lowest BCUT2D eigenvalue weighted by molar-refractivity contribution is -0.124. The first kappa shape index (κ1) is 21.8. The largest absolute Gasteiger partial charge is 0.496 e. The summed E-state index contributed by atoms with van der Waals surface area (Å²) in [6, 6.07) is 20.5. The number of methoxy groups -OCH3 is 1. The third-order valence-corrected chi connectivity index (χ3v) is 7.53. The highest BCUT2D eigenvalue weighted by Crippen LogP contribution is 2.42. The van der Waals surface area contributed by atoms with Crippen LogP contribution in [0.2, 0.25) is 0 Å². The number of benzene rings is 3. The fourth-order valence-corrected chi connectivity index (χ4v) is 5.72. The number of aryl methyl sites for hydroxylation is 1. The number of hydrogen-bond acceptors (Lipinski definition) is 5. The highest BCUT2D eigenvalue weighted by Gasteiger charge is 2.51. The van der Waals surface area contributed by atoms with Gasteiger partial charge < -0.3 is 4.74 Å². The maximum atomic E-state index is 13.6. The van der Waals surface area contributed by atoms with Crippen LogP contribution in [-0.2, 0) is 14.8 Å². The van der Waals surface area contributed by atoms with Gasteiger partial charge in [-0.3, -0.25) is 9.59 Å². The molecule has 4 rings (SSSR count). The molecule has 7 heteroatoms. The molecule has 3 aromatic carbocycles. The first-order valence-electron chi connectivity index (χ1n) is 10.2. The second-order valence-corrected chi connectivity index (χ2v) is 9.55.